The number of carbonyl (C=O) groups excluding carboxylic acids is 4. The van der Waals surface area contributed by atoms with Gasteiger partial charge in [-0.05, 0) is 6.42 Å². The van der Waals surface area contributed by atoms with E-state index < -0.39 is 54.5 Å². The molecule has 0 aromatic carbocycles. The second kappa shape index (κ2) is 18.1. The minimum atomic E-state index is -1.11. The molecule has 1 N–H and O–H groups in total. The predicted molar refractivity (Wildman–Crippen MR) is 132 cm³/mol. The zero-order valence-electron chi connectivity index (χ0n) is 22.5. The van der Waals surface area contributed by atoms with E-state index in [4.69, 9.17) is 23.7 Å². The van der Waals surface area contributed by atoms with Crippen LogP contribution in [-0.4, -0.2) is 67.7 Å². The number of esters is 3. The third-order valence-electron chi connectivity index (χ3n) is 5.85. The maximum Gasteiger partial charge on any atom is 0.303 e. The molecule has 0 aliphatic carbocycles. The Kier molecular flexibility index (Phi) is 16.0. The smallest absolute Gasteiger partial charge is 0.303 e. The van der Waals surface area contributed by atoms with Gasteiger partial charge in [0, 0.05) is 34.3 Å². The largest absolute Gasteiger partial charge is 0.463 e. The van der Waals surface area contributed by atoms with E-state index >= 15 is 0 Å². The van der Waals surface area contributed by atoms with E-state index in [1.165, 1.54) is 72.6 Å². The summed E-state index contributed by atoms with van der Waals surface area (Å²) in [6.07, 6.45) is 7.60. The highest BCUT2D eigenvalue weighted by Crippen LogP contribution is 2.28. The first-order valence-corrected chi connectivity index (χ1v) is 13.2. The summed E-state index contributed by atoms with van der Waals surface area (Å²) in [7, 11) is 0. The summed E-state index contributed by atoms with van der Waals surface area (Å²) in [4.78, 5) is 47.0. The molecular weight excluding hydrogens is 470 g/mol. The molecule has 5 atom stereocenters. The van der Waals surface area contributed by atoms with Gasteiger partial charge in [0.25, 0.3) is 0 Å². The Hall–Kier alpha value is -2.20. The van der Waals surface area contributed by atoms with Gasteiger partial charge in [0.1, 0.15) is 18.8 Å². The van der Waals surface area contributed by atoms with Gasteiger partial charge in [-0.2, -0.15) is 0 Å². The van der Waals surface area contributed by atoms with Crippen molar-refractivity contribution in [3.63, 3.8) is 0 Å². The second-order valence-corrected chi connectivity index (χ2v) is 9.27. The monoisotopic (exact) mass is 515 g/mol. The number of nitrogens with one attached hydrogen (secondary N) is 1. The van der Waals surface area contributed by atoms with Crippen LogP contribution in [0.1, 0.15) is 98.8 Å². The number of rotatable bonds is 17. The van der Waals surface area contributed by atoms with Gasteiger partial charge in [0.05, 0.1) is 0 Å². The van der Waals surface area contributed by atoms with Crippen LogP contribution in [0.4, 0.5) is 0 Å². The van der Waals surface area contributed by atoms with Crippen LogP contribution in [0.25, 0.3) is 0 Å². The average molecular weight is 516 g/mol. The van der Waals surface area contributed by atoms with Crippen LogP contribution < -0.4 is 5.32 Å². The summed E-state index contributed by atoms with van der Waals surface area (Å²) in [5.41, 5.74) is 0. The molecule has 1 saturated heterocycles. The summed E-state index contributed by atoms with van der Waals surface area (Å²) in [6.45, 7) is 7.31. The molecule has 0 saturated carbocycles. The molecule has 0 radical (unpaired) electrons. The van der Waals surface area contributed by atoms with Crippen LogP contribution in [0.3, 0.4) is 0 Å². The van der Waals surface area contributed by atoms with Crippen LogP contribution in [0.2, 0.25) is 0 Å². The minimum absolute atomic E-state index is 0.240. The highest BCUT2D eigenvalue weighted by molar-refractivity contribution is 5.73. The lowest BCUT2D eigenvalue weighted by atomic mass is 9.96. The molecule has 10 nitrogen and oxygen atoms in total. The normalized spacial score (nSPS) is 23.5. The van der Waals surface area contributed by atoms with Crippen molar-refractivity contribution < 1.29 is 42.9 Å². The molecule has 0 aromatic heterocycles. The number of unbranched alkanes of at least 4 members (excludes halogenated alkanes) is 9. The van der Waals surface area contributed by atoms with Gasteiger partial charge in [-0.3, -0.25) is 19.2 Å². The van der Waals surface area contributed by atoms with Crippen molar-refractivity contribution in [3.05, 3.63) is 0 Å². The van der Waals surface area contributed by atoms with Gasteiger partial charge >= 0.3 is 17.9 Å². The fourth-order valence-corrected chi connectivity index (χ4v) is 4.22. The first-order chi connectivity index (χ1) is 17.1. The molecule has 208 valence electrons. The van der Waals surface area contributed by atoms with E-state index in [2.05, 4.69) is 12.2 Å². The van der Waals surface area contributed by atoms with E-state index in [1.807, 2.05) is 0 Å². The van der Waals surface area contributed by atoms with Gasteiger partial charge < -0.3 is 29.0 Å². The summed E-state index contributed by atoms with van der Waals surface area (Å²) in [5.74, 6) is -2.21. The zero-order chi connectivity index (χ0) is 26.9. The molecule has 1 aliphatic heterocycles. The highest BCUT2D eigenvalue weighted by Gasteiger charge is 2.51. The lowest BCUT2D eigenvalue weighted by Gasteiger charge is -2.44. The minimum Gasteiger partial charge on any atom is -0.463 e. The van der Waals surface area contributed by atoms with Crippen molar-refractivity contribution in [1.82, 2.24) is 5.32 Å². The Labute approximate surface area is 215 Å². The Morgan fingerprint density at radius 2 is 1.25 bits per heavy atom. The van der Waals surface area contributed by atoms with Crippen molar-refractivity contribution >= 4 is 23.8 Å². The number of ether oxygens (including phenoxy) is 5. The fourth-order valence-electron chi connectivity index (χ4n) is 4.22. The van der Waals surface area contributed by atoms with Crippen LogP contribution in [0.5, 0.6) is 0 Å². The van der Waals surface area contributed by atoms with Gasteiger partial charge in [-0.1, -0.05) is 64.7 Å². The summed E-state index contributed by atoms with van der Waals surface area (Å²) in [6, 6.07) is -0.924. The number of amides is 1. The molecule has 1 rings (SSSR count). The molecule has 1 fully saturated rings. The van der Waals surface area contributed by atoms with E-state index in [1.54, 1.807) is 0 Å². The first-order valence-electron chi connectivity index (χ1n) is 13.2. The molecule has 1 amide bonds. The Morgan fingerprint density at radius 3 is 1.75 bits per heavy atom. The third-order valence-corrected chi connectivity index (χ3v) is 5.85. The van der Waals surface area contributed by atoms with E-state index in [0.717, 1.165) is 19.3 Å². The lowest BCUT2D eigenvalue weighted by Crippen LogP contribution is -2.66. The molecule has 1 aliphatic rings. The maximum atomic E-state index is 11.9. The highest BCUT2D eigenvalue weighted by atomic mass is 16.7. The van der Waals surface area contributed by atoms with Crippen LogP contribution in [-0.2, 0) is 42.9 Å². The van der Waals surface area contributed by atoms with Gasteiger partial charge in [-0.25, -0.2) is 0 Å². The van der Waals surface area contributed by atoms with Crippen LogP contribution >= 0.6 is 0 Å². The van der Waals surface area contributed by atoms with Crippen molar-refractivity contribution in [2.24, 2.45) is 0 Å². The molecule has 0 spiro atoms. The second-order valence-electron chi connectivity index (χ2n) is 9.27. The third kappa shape index (κ3) is 13.2. The Balaban J connectivity index is 2.77. The predicted octanol–water partition coefficient (Wildman–Crippen LogP) is 3.58. The zero-order valence-corrected chi connectivity index (χ0v) is 22.5. The van der Waals surface area contributed by atoms with Gasteiger partial charge in [0.2, 0.25) is 5.91 Å². The molecule has 0 aromatic rings. The standard InChI is InChI=1S/C26H45NO9/c1-6-7-8-9-10-11-12-13-14-15-16-32-26-23(27-18(2)28)25(35-21(5)31)24(34-20(4)30)22(36-26)17-33-19(3)29/h22-26H,6-17H2,1-5H3,(H,27,28)/t22-,23-,24+,25-,26+/m0/s1. The summed E-state index contributed by atoms with van der Waals surface area (Å²) >= 11 is 0. The average Bonchev–Trinajstić information content (AvgIpc) is 2.78. The summed E-state index contributed by atoms with van der Waals surface area (Å²) < 4.78 is 27.9. The van der Waals surface area contributed by atoms with Crippen LogP contribution in [0, 0.1) is 0 Å². The van der Waals surface area contributed by atoms with Gasteiger partial charge in [-0.15, -0.1) is 0 Å². The van der Waals surface area contributed by atoms with Crippen molar-refractivity contribution in [2.45, 2.75) is 129 Å². The van der Waals surface area contributed by atoms with Gasteiger partial charge in [0.15, 0.2) is 18.5 Å². The first kappa shape index (κ1) is 31.8. The summed E-state index contributed by atoms with van der Waals surface area (Å²) in [5, 5.41) is 2.70. The quantitative estimate of drug-likeness (QED) is 0.176. The van der Waals surface area contributed by atoms with E-state index in [9.17, 15) is 19.2 Å². The lowest BCUT2D eigenvalue weighted by molar-refractivity contribution is -0.277. The molecule has 1 heterocycles. The molecule has 0 unspecified atom stereocenters. The number of carbonyl (C=O) groups is 4. The molecule has 10 heteroatoms. The van der Waals surface area contributed by atoms with E-state index in [-0.39, 0.29) is 6.61 Å². The Morgan fingerprint density at radius 1 is 0.722 bits per heavy atom. The topological polar surface area (TPSA) is 126 Å². The Bertz CT molecular complexity index is 684. The van der Waals surface area contributed by atoms with Crippen molar-refractivity contribution in [3.8, 4) is 0 Å². The van der Waals surface area contributed by atoms with Crippen molar-refractivity contribution in [1.29, 1.82) is 0 Å². The van der Waals surface area contributed by atoms with Crippen LogP contribution in [0.15, 0.2) is 0 Å². The number of hydrogen-bond donors (Lipinski definition) is 1. The molecular formula is C26H45NO9. The fraction of sp³-hybridized carbons (Fsp3) is 0.846. The SMILES string of the molecule is CCCCCCCCCCCCO[C@@H]1O[C@@H](COC(C)=O)[C@@H](OC(C)=O)[C@@H](OC(C)=O)[C@@H]1NC(C)=O. The molecule has 0 bridgehead atoms. The van der Waals surface area contributed by atoms with Crippen molar-refractivity contribution in [2.75, 3.05) is 13.2 Å². The maximum absolute atomic E-state index is 11.9. The number of hydrogen-bond acceptors (Lipinski definition) is 9. The van der Waals surface area contributed by atoms with E-state index in [0.29, 0.717) is 6.61 Å². The molecule has 36 heavy (non-hydrogen) atoms.